The molecule has 0 aliphatic heterocycles. The molecule has 138 valence electrons. The van der Waals surface area contributed by atoms with E-state index in [1.54, 1.807) is 0 Å². The van der Waals surface area contributed by atoms with E-state index in [1.165, 1.54) is 77.0 Å². The molecule has 0 atom stereocenters. The van der Waals surface area contributed by atoms with E-state index in [4.69, 9.17) is 0 Å². The zero-order chi connectivity index (χ0) is 17.4. The third kappa shape index (κ3) is 12.5. The van der Waals surface area contributed by atoms with Gasteiger partial charge in [-0.3, -0.25) is 0 Å². The van der Waals surface area contributed by atoms with E-state index in [1.807, 2.05) is 0 Å². The number of quaternary nitrogens is 1. The summed E-state index contributed by atoms with van der Waals surface area (Å²) < 4.78 is 0.826. The Morgan fingerprint density at radius 2 is 1.00 bits per heavy atom. The van der Waals surface area contributed by atoms with Crippen molar-refractivity contribution >= 4 is 5.97 Å². The lowest BCUT2D eigenvalue weighted by molar-refractivity contribution is -0.922. The number of aliphatic carboxylic acids is 1. The minimum absolute atomic E-state index is 0.324. The van der Waals surface area contributed by atoms with E-state index in [2.05, 4.69) is 20.8 Å². The van der Waals surface area contributed by atoms with Crippen molar-refractivity contribution in [3.8, 4) is 0 Å². The maximum absolute atomic E-state index is 11.5. The molecule has 3 nitrogen and oxygen atoms in total. The van der Waals surface area contributed by atoms with E-state index >= 15 is 0 Å². The predicted molar refractivity (Wildman–Crippen MR) is 99.8 cm³/mol. The molecular formula is C20H42NO2+. The van der Waals surface area contributed by atoms with Crippen LogP contribution in [0, 0.1) is 0 Å². The second-order valence-corrected chi connectivity index (χ2v) is 7.25. The number of carboxylic acid groups (broad SMARTS) is 1. The van der Waals surface area contributed by atoms with Gasteiger partial charge in [-0.15, -0.1) is 0 Å². The summed E-state index contributed by atoms with van der Waals surface area (Å²) in [6.45, 7) is 10.2. The van der Waals surface area contributed by atoms with Gasteiger partial charge in [-0.1, -0.05) is 59.3 Å². The molecule has 0 fully saturated rings. The molecular weight excluding hydrogens is 286 g/mol. The van der Waals surface area contributed by atoms with Crippen LogP contribution in [-0.4, -0.2) is 41.7 Å². The molecule has 0 unspecified atom stereocenters. The van der Waals surface area contributed by atoms with Crippen LogP contribution in [0.15, 0.2) is 0 Å². The fourth-order valence-corrected chi connectivity index (χ4v) is 3.48. The molecule has 1 N–H and O–H groups in total. The number of nitrogens with zero attached hydrogens (tertiary/aromatic N) is 1. The highest BCUT2D eigenvalue weighted by molar-refractivity contribution is 5.67. The van der Waals surface area contributed by atoms with Crippen LogP contribution in [-0.2, 0) is 4.79 Å². The summed E-state index contributed by atoms with van der Waals surface area (Å²) in [5.74, 6) is -0.619. The molecule has 0 saturated carbocycles. The summed E-state index contributed by atoms with van der Waals surface area (Å²) in [6.07, 6.45) is 14.9. The predicted octanol–water partition coefficient (Wildman–Crippen LogP) is 5.63. The maximum Gasteiger partial charge on any atom is 0.359 e. The van der Waals surface area contributed by atoms with Gasteiger partial charge in [-0.05, 0) is 38.5 Å². The minimum atomic E-state index is -0.619. The van der Waals surface area contributed by atoms with Crippen molar-refractivity contribution in [2.24, 2.45) is 0 Å². The smallest absolute Gasteiger partial charge is 0.359 e. The highest BCUT2D eigenvalue weighted by Crippen LogP contribution is 2.17. The Morgan fingerprint density at radius 1 is 0.652 bits per heavy atom. The van der Waals surface area contributed by atoms with Crippen LogP contribution in [0.3, 0.4) is 0 Å². The van der Waals surface area contributed by atoms with E-state index in [9.17, 15) is 9.90 Å². The minimum Gasteiger partial charge on any atom is -0.477 e. The second kappa shape index (κ2) is 15.0. The van der Waals surface area contributed by atoms with Crippen molar-refractivity contribution in [3.05, 3.63) is 0 Å². The highest BCUT2D eigenvalue weighted by atomic mass is 16.4. The summed E-state index contributed by atoms with van der Waals surface area (Å²) in [6, 6.07) is 0. The largest absolute Gasteiger partial charge is 0.477 e. The zero-order valence-corrected chi connectivity index (χ0v) is 16.1. The Labute approximate surface area is 145 Å². The first-order valence-electron chi connectivity index (χ1n) is 10.2. The molecule has 0 aromatic heterocycles. The highest BCUT2D eigenvalue weighted by Gasteiger charge is 2.29. The SMILES string of the molecule is CCCCCC[N+](CCCCCC)(CCCCCC)CC(=O)O. The molecule has 0 aliphatic carbocycles. The number of hydrogen-bond acceptors (Lipinski definition) is 1. The fraction of sp³-hybridized carbons (Fsp3) is 0.950. The second-order valence-electron chi connectivity index (χ2n) is 7.25. The van der Waals surface area contributed by atoms with Gasteiger partial charge in [0.25, 0.3) is 0 Å². The van der Waals surface area contributed by atoms with Gasteiger partial charge in [0.2, 0.25) is 0 Å². The van der Waals surface area contributed by atoms with Crippen molar-refractivity contribution in [2.75, 3.05) is 26.2 Å². The Bertz CT molecular complexity index is 248. The standard InChI is InChI=1S/C20H41NO2/c1-4-7-10-13-16-21(19-20(22)23,17-14-11-8-5-2)18-15-12-9-6-3/h4-19H2,1-3H3/p+1. The third-order valence-corrected chi connectivity index (χ3v) is 4.93. The monoisotopic (exact) mass is 328 g/mol. The average Bonchev–Trinajstić information content (AvgIpc) is 2.52. The number of carbonyl (C=O) groups is 1. The number of hydrogen-bond donors (Lipinski definition) is 1. The molecule has 0 bridgehead atoms. The van der Waals surface area contributed by atoms with Gasteiger partial charge in [0.15, 0.2) is 6.54 Å². The molecule has 0 heterocycles. The molecule has 0 aliphatic rings. The molecule has 3 heteroatoms. The van der Waals surface area contributed by atoms with Crippen molar-refractivity contribution < 1.29 is 14.4 Å². The quantitative estimate of drug-likeness (QED) is 0.277. The molecule has 0 saturated heterocycles. The Hall–Kier alpha value is -0.570. The first-order chi connectivity index (χ1) is 11.1. The van der Waals surface area contributed by atoms with Gasteiger partial charge in [0.1, 0.15) is 0 Å². The van der Waals surface area contributed by atoms with Crippen LogP contribution in [0.25, 0.3) is 0 Å². The lowest BCUT2D eigenvalue weighted by Gasteiger charge is -2.38. The summed E-state index contributed by atoms with van der Waals surface area (Å²) in [7, 11) is 0. The van der Waals surface area contributed by atoms with E-state index in [-0.39, 0.29) is 0 Å². The summed E-state index contributed by atoms with van der Waals surface area (Å²) >= 11 is 0. The topological polar surface area (TPSA) is 37.3 Å². The third-order valence-electron chi connectivity index (χ3n) is 4.93. The van der Waals surface area contributed by atoms with Gasteiger partial charge < -0.3 is 9.59 Å². The van der Waals surface area contributed by atoms with Crippen molar-refractivity contribution in [1.29, 1.82) is 0 Å². The Balaban J connectivity index is 4.61. The van der Waals surface area contributed by atoms with Gasteiger partial charge in [-0.25, -0.2) is 4.79 Å². The number of carboxylic acids is 1. The van der Waals surface area contributed by atoms with Gasteiger partial charge >= 0.3 is 5.97 Å². The van der Waals surface area contributed by atoms with Crippen LogP contribution in [0.5, 0.6) is 0 Å². The average molecular weight is 329 g/mol. The molecule has 0 rings (SSSR count). The van der Waals surface area contributed by atoms with Gasteiger partial charge in [0, 0.05) is 0 Å². The first kappa shape index (κ1) is 22.4. The van der Waals surface area contributed by atoms with E-state index in [0.29, 0.717) is 6.54 Å². The molecule has 0 aromatic rings. The summed E-state index contributed by atoms with van der Waals surface area (Å²) in [5, 5.41) is 9.44. The van der Waals surface area contributed by atoms with Gasteiger partial charge in [-0.2, -0.15) is 0 Å². The van der Waals surface area contributed by atoms with Crippen LogP contribution >= 0.6 is 0 Å². The lowest BCUT2D eigenvalue weighted by atomic mass is 10.1. The fourth-order valence-electron chi connectivity index (χ4n) is 3.48. The van der Waals surface area contributed by atoms with Crippen LogP contribution in [0.1, 0.15) is 97.8 Å². The lowest BCUT2D eigenvalue weighted by Crippen LogP contribution is -2.53. The molecule has 0 amide bonds. The van der Waals surface area contributed by atoms with Gasteiger partial charge in [0.05, 0.1) is 19.6 Å². The molecule has 0 radical (unpaired) electrons. The summed E-state index contributed by atoms with van der Waals surface area (Å²) in [5.41, 5.74) is 0. The molecule has 23 heavy (non-hydrogen) atoms. The van der Waals surface area contributed by atoms with Crippen LogP contribution < -0.4 is 0 Å². The first-order valence-corrected chi connectivity index (χ1v) is 10.2. The van der Waals surface area contributed by atoms with E-state index in [0.717, 1.165) is 24.1 Å². The van der Waals surface area contributed by atoms with Crippen LogP contribution in [0.4, 0.5) is 0 Å². The summed E-state index contributed by atoms with van der Waals surface area (Å²) in [4.78, 5) is 11.5. The van der Waals surface area contributed by atoms with Crippen molar-refractivity contribution in [3.63, 3.8) is 0 Å². The molecule has 0 aromatic carbocycles. The maximum atomic E-state index is 11.5. The Morgan fingerprint density at radius 3 is 1.26 bits per heavy atom. The normalized spacial score (nSPS) is 11.8. The van der Waals surface area contributed by atoms with Crippen molar-refractivity contribution in [2.45, 2.75) is 97.8 Å². The Kier molecular flexibility index (Phi) is 14.6. The van der Waals surface area contributed by atoms with E-state index < -0.39 is 5.97 Å². The zero-order valence-electron chi connectivity index (χ0n) is 16.1. The molecule has 0 spiro atoms. The van der Waals surface area contributed by atoms with Crippen molar-refractivity contribution in [1.82, 2.24) is 0 Å². The van der Waals surface area contributed by atoms with Crippen LogP contribution in [0.2, 0.25) is 0 Å². The number of unbranched alkanes of at least 4 members (excludes halogenated alkanes) is 9. The number of rotatable bonds is 17.